The number of carbonyl (C=O) groups is 1. The molecular formula is C16H25Cl2N3O. The van der Waals surface area contributed by atoms with Crippen molar-refractivity contribution in [2.45, 2.75) is 19.4 Å². The first-order valence-electron chi connectivity index (χ1n) is 7.55. The Morgan fingerprint density at radius 1 is 1.27 bits per heavy atom. The van der Waals surface area contributed by atoms with Gasteiger partial charge in [-0.1, -0.05) is 23.7 Å². The van der Waals surface area contributed by atoms with Gasteiger partial charge in [-0.25, -0.2) is 0 Å². The molecule has 1 fully saturated rings. The third-order valence-electron chi connectivity index (χ3n) is 3.97. The molecule has 1 aromatic rings. The molecule has 1 heterocycles. The van der Waals surface area contributed by atoms with Crippen LogP contribution in [-0.4, -0.2) is 44.0 Å². The van der Waals surface area contributed by atoms with Crippen molar-refractivity contribution in [3.05, 3.63) is 34.9 Å². The minimum absolute atomic E-state index is 0. The van der Waals surface area contributed by atoms with Crippen LogP contribution in [0.4, 0.5) is 0 Å². The largest absolute Gasteiger partial charge is 0.351 e. The first-order chi connectivity index (χ1) is 10.2. The van der Waals surface area contributed by atoms with Crippen LogP contribution in [0.1, 0.15) is 18.4 Å². The second-order valence-electron chi connectivity index (χ2n) is 5.68. The van der Waals surface area contributed by atoms with Gasteiger partial charge in [0.2, 0.25) is 5.91 Å². The lowest BCUT2D eigenvalue weighted by Gasteiger charge is -2.31. The molecule has 1 amide bonds. The van der Waals surface area contributed by atoms with Crippen molar-refractivity contribution in [2.75, 3.05) is 33.2 Å². The smallest absolute Gasteiger partial charge is 0.234 e. The quantitative estimate of drug-likeness (QED) is 0.831. The van der Waals surface area contributed by atoms with Crippen LogP contribution in [-0.2, 0) is 11.3 Å². The molecule has 0 aromatic heterocycles. The van der Waals surface area contributed by atoms with Gasteiger partial charge >= 0.3 is 0 Å². The number of halogens is 2. The number of likely N-dealkylation sites (tertiary alicyclic amines) is 1. The molecule has 0 atom stereocenters. The summed E-state index contributed by atoms with van der Waals surface area (Å²) in [5.74, 6) is 0.848. The Kier molecular flexibility index (Phi) is 8.79. The van der Waals surface area contributed by atoms with Crippen molar-refractivity contribution in [3.63, 3.8) is 0 Å². The number of nitrogens with zero attached hydrogens (tertiary/aromatic N) is 1. The minimum Gasteiger partial charge on any atom is -0.351 e. The SMILES string of the molecule is CNCC1CCN(CC(=O)NCc2ccc(Cl)cc2)CC1.Cl. The summed E-state index contributed by atoms with van der Waals surface area (Å²) in [4.78, 5) is 14.2. The van der Waals surface area contributed by atoms with Crippen LogP contribution >= 0.6 is 24.0 Å². The van der Waals surface area contributed by atoms with E-state index in [0.29, 0.717) is 13.1 Å². The highest BCUT2D eigenvalue weighted by Gasteiger charge is 2.20. The van der Waals surface area contributed by atoms with Crippen molar-refractivity contribution in [1.29, 1.82) is 0 Å². The van der Waals surface area contributed by atoms with Crippen molar-refractivity contribution in [2.24, 2.45) is 5.92 Å². The zero-order valence-electron chi connectivity index (χ0n) is 13.0. The number of piperidine rings is 1. The van der Waals surface area contributed by atoms with Gasteiger partial charge in [-0.2, -0.15) is 0 Å². The minimum atomic E-state index is 0. The van der Waals surface area contributed by atoms with Crippen LogP contribution in [0.25, 0.3) is 0 Å². The number of nitrogens with one attached hydrogen (secondary N) is 2. The summed E-state index contributed by atoms with van der Waals surface area (Å²) in [6, 6.07) is 7.56. The first kappa shape index (κ1) is 19.2. The molecule has 1 aliphatic heterocycles. The van der Waals surface area contributed by atoms with Gasteiger partial charge in [0.15, 0.2) is 0 Å². The van der Waals surface area contributed by atoms with Gasteiger partial charge in [0.25, 0.3) is 0 Å². The van der Waals surface area contributed by atoms with Gasteiger partial charge in [-0.3, -0.25) is 9.69 Å². The summed E-state index contributed by atoms with van der Waals surface area (Å²) in [6.07, 6.45) is 2.34. The highest BCUT2D eigenvalue weighted by atomic mass is 35.5. The maximum absolute atomic E-state index is 12.0. The molecule has 124 valence electrons. The summed E-state index contributed by atoms with van der Waals surface area (Å²) < 4.78 is 0. The van der Waals surface area contributed by atoms with E-state index in [1.807, 2.05) is 31.3 Å². The zero-order chi connectivity index (χ0) is 15.1. The summed E-state index contributed by atoms with van der Waals surface area (Å²) in [7, 11) is 2.00. The summed E-state index contributed by atoms with van der Waals surface area (Å²) in [5.41, 5.74) is 1.07. The predicted octanol–water partition coefficient (Wildman–Crippen LogP) is 2.31. The average Bonchev–Trinajstić information content (AvgIpc) is 2.49. The number of carbonyl (C=O) groups excluding carboxylic acids is 1. The van der Waals surface area contributed by atoms with E-state index < -0.39 is 0 Å². The summed E-state index contributed by atoms with van der Waals surface area (Å²) in [5, 5.41) is 6.91. The lowest BCUT2D eigenvalue weighted by molar-refractivity contribution is -0.122. The number of hydrogen-bond donors (Lipinski definition) is 2. The highest BCUT2D eigenvalue weighted by molar-refractivity contribution is 6.30. The van der Waals surface area contributed by atoms with Gasteiger partial charge in [-0.15, -0.1) is 12.4 Å². The standard InChI is InChI=1S/C16H24ClN3O.ClH/c1-18-10-14-6-8-20(9-7-14)12-16(21)19-11-13-2-4-15(17)5-3-13;/h2-5,14,18H,6-12H2,1H3,(H,19,21);1H. The fourth-order valence-corrected chi connectivity index (χ4v) is 2.83. The average molecular weight is 346 g/mol. The van der Waals surface area contributed by atoms with Crippen molar-refractivity contribution < 1.29 is 4.79 Å². The molecule has 1 saturated heterocycles. The maximum atomic E-state index is 12.0. The second kappa shape index (κ2) is 10.1. The zero-order valence-corrected chi connectivity index (χ0v) is 14.6. The third kappa shape index (κ3) is 6.53. The molecule has 22 heavy (non-hydrogen) atoms. The molecule has 1 aromatic carbocycles. The summed E-state index contributed by atoms with van der Waals surface area (Å²) >= 11 is 5.84. The Balaban J connectivity index is 0.00000242. The molecule has 0 radical (unpaired) electrons. The van der Waals surface area contributed by atoms with Crippen LogP contribution in [0, 0.1) is 5.92 Å². The lowest BCUT2D eigenvalue weighted by Crippen LogP contribution is -2.42. The van der Waals surface area contributed by atoms with Crippen molar-refractivity contribution in [1.82, 2.24) is 15.5 Å². The molecule has 0 spiro atoms. The van der Waals surface area contributed by atoms with Crippen molar-refractivity contribution >= 4 is 29.9 Å². The first-order valence-corrected chi connectivity index (χ1v) is 7.93. The number of hydrogen-bond acceptors (Lipinski definition) is 3. The Morgan fingerprint density at radius 2 is 1.91 bits per heavy atom. The number of amides is 1. The second-order valence-corrected chi connectivity index (χ2v) is 6.12. The van der Waals surface area contributed by atoms with Gasteiger partial charge in [0, 0.05) is 11.6 Å². The Labute approximate surface area is 144 Å². The lowest BCUT2D eigenvalue weighted by atomic mass is 9.97. The molecule has 0 unspecified atom stereocenters. The fourth-order valence-electron chi connectivity index (χ4n) is 2.70. The van der Waals surface area contributed by atoms with Crippen LogP contribution in [0.15, 0.2) is 24.3 Å². The van der Waals surface area contributed by atoms with E-state index >= 15 is 0 Å². The highest BCUT2D eigenvalue weighted by Crippen LogP contribution is 2.15. The van der Waals surface area contributed by atoms with E-state index in [9.17, 15) is 4.79 Å². The van der Waals surface area contributed by atoms with Crippen LogP contribution in [0.2, 0.25) is 5.02 Å². The molecule has 0 saturated carbocycles. The van der Waals surface area contributed by atoms with E-state index in [2.05, 4.69) is 15.5 Å². The number of benzene rings is 1. The van der Waals surface area contributed by atoms with Gasteiger partial charge < -0.3 is 10.6 Å². The van der Waals surface area contributed by atoms with Crippen LogP contribution in [0.3, 0.4) is 0 Å². The fraction of sp³-hybridized carbons (Fsp3) is 0.562. The molecule has 0 bridgehead atoms. The van der Waals surface area contributed by atoms with Gasteiger partial charge in [-0.05, 0) is 63.1 Å². The normalized spacial score (nSPS) is 16.1. The Hall–Kier alpha value is -0.810. The predicted molar refractivity (Wildman–Crippen MR) is 93.6 cm³/mol. The van der Waals surface area contributed by atoms with E-state index in [1.165, 1.54) is 12.8 Å². The number of rotatable bonds is 6. The Bertz CT molecular complexity index is 445. The van der Waals surface area contributed by atoms with Crippen molar-refractivity contribution in [3.8, 4) is 0 Å². The van der Waals surface area contributed by atoms with E-state index in [0.717, 1.165) is 36.1 Å². The van der Waals surface area contributed by atoms with E-state index in [-0.39, 0.29) is 18.3 Å². The maximum Gasteiger partial charge on any atom is 0.234 e. The van der Waals surface area contributed by atoms with E-state index in [4.69, 9.17) is 11.6 Å². The topological polar surface area (TPSA) is 44.4 Å². The molecule has 2 N–H and O–H groups in total. The van der Waals surface area contributed by atoms with Gasteiger partial charge in [0.1, 0.15) is 0 Å². The van der Waals surface area contributed by atoms with Crippen LogP contribution in [0.5, 0.6) is 0 Å². The molecule has 1 aliphatic rings. The Morgan fingerprint density at radius 3 is 2.50 bits per heavy atom. The molecule has 6 heteroatoms. The van der Waals surface area contributed by atoms with E-state index in [1.54, 1.807) is 0 Å². The monoisotopic (exact) mass is 345 g/mol. The molecule has 4 nitrogen and oxygen atoms in total. The van der Waals surface area contributed by atoms with Crippen LogP contribution < -0.4 is 10.6 Å². The molecule has 0 aliphatic carbocycles. The summed E-state index contributed by atoms with van der Waals surface area (Å²) in [6.45, 7) is 4.17. The van der Waals surface area contributed by atoms with Gasteiger partial charge in [0.05, 0.1) is 6.54 Å². The third-order valence-corrected chi connectivity index (χ3v) is 4.22. The molecular weight excluding hydrogens is 321 g/mol. The molecule has 2 rings (SSSR count).